The Hall–Kier alpha value is -0.820. The van der Waals surface area contributed by atoms with Crippen LogP contribution in [0.2, 0.25) is 0 Å². The van der Waals surface area contributed by atoms with E-state index in [1.807, 2.05) is 0 Å². The van der Waals surface area contributed by atoms with Gasteiger partial charge in [0.1, 0.15) is 0 Å². The van der Waals surface area contributed by atoms with Gasteiger partial charge in [0.15, 0.2) is 0 Å². The Morgan fingerprint density at radius 3 is 2.39 bits per heavy atom. The number of hydrogen-bond donors (Lipinski definition) is 1. The van der Waals surface area contributed by atoms with Crippen molar-refractivity contribution in [3.63, 3.8) is 0 Å². The topological polar surface area (TPSA) is 12.0 Å². The molecule has 1 saturated heterocycles. The molecular formula is C17H27N. The summed E-state index contributed by atoms with van der Waals surface area (Å²) < 4.78 is 0. The summed E-state index contributed by atoms with van der Waals surface area (Å²) in [6.07, 6.45) is 6.71. The van der Waals surface area contributed by atoms with E-state index in [1.54, 1.807) is 0 Å². The molecule has 100 valence electrons. The summed E-state index contributed by atoms with van der Waals surface area (Å²) in [6.45, 7) is 7.02. The lowest BCUT2D eigenvalue weighted by Gasteiger charge is -2.45. The van der Waals surface area contributed by atoms with Gasteiger partial charge in [0.2, 0.25) is 0 Å². The zero-order valence-corrected chi connectivity index (χ0v) is 11.9. The van der Waals surface area contributed by atoms with Crippen molar-refractivity contribution in [1.29, 1.82) is 0 Å². The Morgan fingerprint density at radius 1 is 1.11 bits per heavy atom. The van der Waals surface area contributed by atoms with E-state index in [9.17, 15) is 0 Å². The first-order valence-corrected chi connectivity index (χ1v) is 7.58. The van der Waals surface area contributed by atoms with Crippen LogP contribution in [0.1, 0.15) is 57.4 Å². The molecule has 1 aliphatic rings. The van der Waals surface area contributed by atoms with Crippen molar-refractivity contribution in [1.82, 2.24) is 5.32 Å². The second-order valence-corrected chi connectivity index (χ2v) is 5.78. The molecule has 18 heavy (non-hydrogen) atoms. The Balaban J connectivity index is 2.28. The minimum atomic E-state index is 0.538. The van der Waals surface area contributed by atoms with Gasteiger partial charge in [-0.2, -0.15) is 0 Å². The van der Waals surface area contributed by atoms with Crippen molar-refractivity contribution in [2.24, 2.45) is 5.41 Å². The minimum absolute atomic E-state index is 0.538. The SMILES string of the molecule is CCCC1(CCC)CCNCC1c1ccccc1. The molecule has 1 heterocycles. The molecule has 0 aliphatic carbocycles. The summed E-state index contributed by atoms with van der Waals surface area (Å²) in [5.41, 5.74) is 2.07. The van der Waals surface area contributed by atoms with E-state index in [2.05, 4.69) is 49.5 Å². The molecule has 0 aromatic heterocycles. The van der Waals surface area contributed by atoms with Crippen molar-refractivity contribution in [2.45, 2.75) is 51.9 Å². The highest BCUT2D eigenvalue weighted by molar-refractivity contribution is 5.23. The average Bonchev–Trinajstić information content (AvgIpc) is 2.41. The number of piperidine rings is 1. The molecule has 0 radical (unpaired) electrons. The highest BCUT2D eigenvalue weighted by atomic mass is 14.9. The lowest BCUT2D eigenvalue weighted by Crippen LogP contribution is -2.43. The highest BCUT2D eigenvalue weighted by Crippen LogP contribution is 2.47. The van der Waals surface area contributed by atoms with Crippen molar-refractivity contribution >= 4 is 0 Å². The van der Waals surface area contributed by atoms with E-state index in [4.69, 9.17) is 0 Å². The number of rotatable bonds is 5. The molecule has 1 N–H and O–H groups in total. The lowest BCUT2D eigenvalue weighted by molar-refractivity contribution is 0.130. The fourth-order valence-electron chi connectivity index (χ4n) is 3.85. The minimum Gasteiger partial charge on any atom is -0.316 e. The maximum Gasteiger partial charge on any atom is 0.00255 e. The Bertz CT molecular complexity index is 332. The predicted molar refractivity (Wildman–Crippen MR) is 78.9 cm³/mol. The van der Waals surface area contributed by atoms with Crippen LogP contribution in [0.25, 0.3) is 0 Å². The predicted octanol–water partition coefficient (Wildman–Crippen LogP) is 4.35. The van der Waals surface area contributed by atoms with Gasteiger partial charge in [-0.3, -0.25) is 0 Å². The van der Waals surface area contributed by atoms with Gasteiger partial charge in [-0.05, 0) is 36.8 Å². The molecule has 1 fully saturated rings. The molecule has 0 spiro atoms. The van der Waals surface area contributed by atoms with E-state index in [0.29, 0.717) is 11.3 Å². The fraction of sp³-hybridized carbons (Fsp3) is 0.647. The summed E-state index contributed by atoms with van der Waals surface area (Å²) in [7, 11) is 0. The summed E-state index contributed by atoms with van der Waals surface area (Å²) in [5, 5.41) is 3.60. The standard InChI is InChI=1S/C17H27N/c1-3-10-17(11-4-2)12-13-18-14-16(17)15-8-6-5-7-9-15/h5-9,16,18H,3-4,10-14H2,1-2H3. The normalized spacial score (nSPS) is 22.9. The summed E-state index contributed by atoms with van der Waals surface area (Å²) in [6, 6.07) is 11.1. The van der Waals surface area contributed by atoms with Crippen molar-refractivity contribution in [2.75, 3.05) is 13.1 Å². The molecule has 1 heteroatoms. The molecule has 0 amide bonds. The number of hydrogen-bond acceptors (Lipinski definition) is 1. The maximum absolute atomic E-state index is 3.60. The molecule has 0 bridgehead atoms. The molecule has 2 rings (SSSR count). The summed E-state index contributed by atoms with van der Waals surface area (Å²) >= 11 is 0. The first kappa shape index (κ1) is 13.6. The average molecular weight is 245 g/mol. The molecule has 1 unspecified atom stereocenters. The lowest BCUT2D eigenvalue weighted by atomic mass is 9.63. The van der Waals surface area contributed by atoms with E-state index in [-0.39, 0.29) is 0 Å². The van der Waals surface area contributed by atoms with Gasteiger partial charge in [0.05, 0.1) is 0 Å². The highest BCUT2D eigenvalue weighted by Gasteiger charge is 2.39. The zero-order chi connectivity index (χ0) is 12.8. The van der Waals surface area contributed by atoms with Gasteiger partial charge >= 0.3 is 0 Å². The smallest absolute Gasteiger partial charge is 0.00255 e. The second-order valence-electron chi connectivity index (χ2n) is 5.78. The zero-order valence-electron chi connectivity index (χ0n) is 11.9. The third kappa shape index (κ3) is 2.77. The van der Waals surface area contributed by atoms with Crippen LogP contribution in [0.3, 0.4) is 0 Å². The first-order chi connectivity index (χ1) is 8.82. The molecular weight excluding hydrogens is 218 g/mol. The van der Waals surface area contributed by atoms with Crippen LogP contribution in [0.15, 0.2) is 30.3 Å². The van der Waals surface area contributed by atoms with Gasteiger partial charge in [0.25, 0.3) is 0 Å². The van der Waals surface area contributed by atoms with Gasteiger partial charge in [0, 0.05) is 12.5 Å². The van der Waals surface area contributed by atoms with Gasteiger partial charge in [-0.15, -0.1) is 0 Å². The molecule has 0 saturated carbocycles. The molecule has 1 nitrogen and oxygen atoms in total. The molecule has 1 aromatic rings. The van der Waals surface area contributed by atoms with Crippen LogP contribution >= 0.6 is 0 Å². The largest absolute Gasteiger partial charge is 0.316 e. The Labute approximate surface area is 112 Å². The van der Waals surface area contributed by atoms with Gasteiger partial charge in [-0.1, -0.05) is 57.0 Å². The van der Waals surface area contributed by atoms with Crippen LogP contribution in [-0.2, 0) is 0 Å². The van der Waals surface area contributed by atoms with E-state index in [1.165, 1.54) is 44.2 Å². The molecule has 1 atom stereocenters. The van der Waals surface area contributed by atoms with E-state index >= 15 is 0 Å². The van der Waals surface area contributed by atoms with Crippen molar-refractivity contribution in [3.05, 3.63) is 35.9 Å². The molecule has 1 aliphatic heterocycles. The Morgan fingerprint density at radius 2 is 1.78 bits per heavy atom. The second kappa shape index (κ2) is 6.38. The third-order valence-corrected chi connectivity index (χ3v) is 4.59. The number of nitrogens with one attached hydrogen (secondary N) is 1. The molecule has 1 aromatic carbocycles. The van der Waals surface area contributed by atoms with Gasteiger partial charge in [-0.25, -0.2) is 0 Å². The van der Waals surface area contributed by atoms with Crippen LogP contribution in [0, 0.1) is 5.41 Å². The third-order valence-electron chi connectivity index (χ3n) is 4.59. The van der Waals surface area contributed by atoms with Crippen LogP contribution < -0.4 is 5.32 Å². The van der Waals surface area contributed by atoms with Crippen LogP contribution in [0.4, 0.5) is 0 Å². The van der Waals surface area contributed by atoms with Crippen LogP contribution in [-0.4, -0.2) is 13.1 Å². The summed E-state index contributed by atoms with van der Waals surface area (Å²) in [4.78, 5) is 0. The fourth-order valence-corrected chi connectivity index (χ4v) is 3.85. The first-order valence-electron chi connectivity index (χ1n) is 7.58. The van der Waals surface area contributed by atoms with Crippen molar-refractivity contribution < 1.29 is 0 Å². The maximum atomic E-state index is 3.60. The monoisotopic (exact) mass is 245 g/mol. The van der Waals surface area contributed by atoms with Crippen molar-refractivity contribution in [3.8, 4) is 0 Å². The van der Waals surface area contributed by atoms with E-state index < -0.39 is 0 Å². The van der Waals surface area contributed by atoms with Gasteiger partial charge < -0.3 is 5.32 Å². The Kier molecular flexibility index (Phi) is 4.82. The summed E-state index contributed by atoms with van der Waals surface area (Å²) in [5.74, 6) is 0.701. The van der Waals surface area contributed by atoms with Crippen LogP contribution in [0.5, 0.6) is 0 Å². The number of benzene rings is 1. The van der Waals surface area contributed by atoms with E-state index in [0.717, 1.165) is 6.54 Å². The quantitative estimate of drug-likeness (QED) is 0.813.